The maximum Gasteiger partial charge on any atom is 0.182 e. The van der Waals surface area contributed by atoms with Crippen molar-refractivity contribution in [2.24, 2.45) is 0 Å². The Morgan fingerprint density at radius 3 is 2.79 bits per heavy atom. The summed E-state index contributed by atoms with van der Waals surface area (Å²) < 4.78 is 28.4. The molecule has 3 aromatic rings. The molecule has 0 saturated carbocycles. The number of hydrogen-bond donors (Lipinski definition) is 0. The average molecular weight is 580 g/mol. The van der Waals surface area contributed by atoms with E-state index in [1.807, 2.05) is 10.9 Å². The van der Waals surface area contributed by atoms with E-state index < -0.39 is 8.07 Å². The summed E-state index contributed by atoms with van der Waals surface area (Å²) in [6.45, 7) is 9.70. The molecule has 10 heteroatoms. The minimum Gasteiger partial charge on any atom is -0.486 e. The number of ether oxygens (including phenoxy) is 2. The largest absolute Gasteiger partial charge is 0.486 e. The topological polar surface area (TPSA) is 65.3 Å². The molecule has 4 heterocycles. The highest BCUT2D eigenvalue weighted by atomic mass is 127. The van der Waals surface area contributed by atoms with Crippen molar-refractivity contribution < 1.29 is 13.9 Å². The fraction of sp³-hybridized carbons (Fsp3) is 0.478. The third-order valence-corrected chi connectivity index (χ3v) is 8.67. The van der Waals surface area contributed by atoms with Crippen LogP contribution < -0.4 is 9.64 Å². The zero-order chi connectivity index (χ0) is 23.2. The van der Waals surface area contributed by atoms with Crippen molar-refractivity contribution in [1.82, 2.24) is 19.7 Å². The number of benzene rings is 1. The number of halogens is 2. The lowest BCUT2D eigenvalue weighted by Crippen LogP contribution is -2.47. The van der Waals surface area contributed by atoms with Gasteiger partial charge in [0.15, 0.2) is 9.35 Å². The summed E-state index contributed by atoms with van der Waals surface area (Å²) in [5, 5.41) is 4.59. The third kappa shape index (κ3) is 4.88. The lowest BCUT2D eigenvalue weighted by molar-refractivity contribution is 0.0810. The molecule has 1 spiro atoms. The van der Waals surface area contributed by atoms with Crippen LogP contribution in [0.25, 0.3) is 11.2 Å². The lowest BCUT2D eigenvalue weighted by Gasteiger charge is -2.38. The maximum atomic E-state index is 13.6. The monoisotopic (exact) mass is 580 g/mol. The van der Waals surface area contributed by atoms with Gasteiger partial charge in [-0.1, -0.05) is 19.6 Å². The van der Waals surface area contributed by atoms with E-state index in [9.17, 15) is 4.39 Å². The highest BCUT2D eigenvalue weighted by Crippen LogP contribution is 2.43. The predicted molar refractivity (Wildman–Crippen MR) is 137 cm³/mol. The highest BCUT2D eigenvalue weighted by Gasteiger charge is 2.42. The molecule has 1 radical (unpaired) electrons. The van der Waals surface area contributed by atoms with Gasteiger partial charge >= 0.3 is 0 Å². The van der Waals surface area contributed by atoms with Crippen molar-refractivity contribution in [1.29, 1.82) is 0 Å². The normalized spacial score (nSPS) is 17.5. The number of piperidine rings is 1. The zero-order valence-corrected chi connectivity index (χ0v) is 22.3. The van der Waals surface area contributed by atoms with Gasteiger partial charge < -0.3 is 14.4 Å². The Morgan fingerprint density at radius 1 is 1.24 bits per heavy atom. The summed E-state index contributed by atoms with van der Waals surface area (Å²) >= 11 is 2.20. The van der Waals surface area contributed by atoms with Crippen LogP contribution in [0.2, 0.25) is 25.7 Å². The van der Waals surface area contributed by atoms with Gasteiger partial charge in [-0.3, -0.25) is 0 Å². The van der Waals surface area contributed by atoms with E-state index in [1.165, 1.54) is 6.07 Å². The molecule has 0 bridgehead atoms. The van der Waals surface area contributed by atoms with E-state index in [0.29, 0.717) is 6.73 Å². The summed E-state index contributed by atoms with van der Waals surface area (Å²) in [7, 11) is -1.13. The molecule has 1 saturated heterocycles. The molecular formula is C23H28FIN5O2Si. The summed E-state index contributed by atoms with van der Waals surface area (Å²) in [6, 6.07) is 5.83. The molecule has 7 nitrogen and oxygen atoms in total. The highest BCUT2D eigenvalue weighted by molar-refractivity contribution is 14.1. The molecule has 0 amide bonds. The van der Waals surface area contributed by atoms with Crippen LogP contribution in [0, 0.1) is 15.9 Å². The molecule has 175 valence electrons. The Labute approximate surface area is 207 Å². The van der Waals surface area contributed by atoms with Gasteiger partial charge in [0, 0.05) is 52.6 Å². The van der Waals surface area contributed by atoms with Crippen molar-refractivity contribution >= 4 is 47.6 Å². The van der Waals surface area contributed by atoms with Gasteiger partial charge in [0.05, 0.1) is 6.20 Å². The number of rotatable bonds is 6. The number of anilines is 1. The second-order valence-corrected chi connectivity index (χ2v) is 16.7. The SMILES string of the molecule is C[Si](C)(C)CCOCn1nc(I)c2ncc(N3CCC4([CH]c5cc(F)ccc5O4)CC3)nc21. The molecule has 2 aliphatic heterocycles. The average Bonchev–Trinajstić information content (AvgIpc) is 3.27. The van der Waals surface area contributed by atoms with E-state index >= 15 is 0 Å². The van der Waals surface area contributed by atoms with E-state index in [2.05, 4.69) is 63.6 Å². The van der Waals surface area contributed by atoms with Crippen LogP contribution in [0.1, 0.15) is 18.4 Å². The Bertz CT molecular complexity index is 1170. The second-order valence-electron chi connectivity index (χ2n) is 10.0. The molecule has 0 unspecified atom stereocenters. The van der Waals surface area contributed by atoms with Crippen LogP contribution in [-0.2, 0) is 11.5 Å². The summed E-state index contributed by atoms with van der Waals surface area (Å²) in [4.78, 5) is 11.8. The molecule has 5 rings (SSSR count). The summed E-state index contributed by atoms with van der Waals surface area (Å²) in [6.07, 6.45) is 5.51. The smallest absolute Gasteiger partial charge is 0.182 e. The fourth-order valence-electron chi connectivity index (χ4n) is 4.29. The zero-order valence-electron chi connectivity index (χ0n) is 19.1. The molecule has 2 aliphatic rings. The first-order chi connectivity index (χ1) is 15.7. The number of fused-ring (bicyclic) bond motifs is 2. The number of nitrogens with zero attached hydrogens (tertiary/aromatic N) is 5. The standard InChI is InChI=1S/C23H28FIN5O2Si/c1-33(2,3)11-10-31-15-30-22-20(21(25)28-30)26-14-19(27-22)29-8-6-23(7-9-29)13-16-12-17(24)4-5-18(16)32-23/h4-5,12-14H,6-11,15H2,1-3H3. The Balaban J connectivity index is 1.27. The van der Waals surface area contributed by atoms with Crippen molar-refractivity contribution in [3.8, 4) is 5.75 Å². The van der Waals surface area contributed by atoms with Gasteiger partial charge in [-0.25, -0.2) is 19.0 Å². The molecule has 33 heavy (non-hydrogen) atoms. The second kappa shape index (κ2) is 8.77. The van der Waals surface area contributed by atoms with Crippen LogP contribution in [0.4, 0.5) is 10.2 Å². The van der Waals surface area contributed by atoms with Gasteiger partial charge in [-0.15, -0.1) is 0 Å². The third-order valence-electron chi connectivity index (χ3n) is 6.24. The first-order valence-corrected chi connectivity index (χ1v) is 16.1. The molecule has 2 aromatic heterocycles. The van der Waals surface area contributed by atoms with Gasteiger partial charge in [-0.05, 0) is 46.8 Å². The Kier molecular flexibility index (Phi) is 6.10. The molecule has 1 aromatic carbocycles. The van der Waals surface area contributed by atoms with E-state index in [0.717, 1.165) is 70.6 Å². The van der Waals surface area contributed by atoms with Crippen LogP contribution in [0.5, 0.6) is 5.75 Å². The quantitative estimate of drug-likeness (QED) is 0.236. The predicted octanol–water partition coefficient (Wildman–Crippen LogP) is 4.87. The van der Waals surface area contributed by atoms with Gasteiger partial charge in [0.2, 0.25) is 0 Å². The molecule has 0 aliphatic carbocycles. The van der Waals surface area contributed by atoms with Gasteiger partial charge in [0.1, 0.15) is 35.2 Å². The summed E-state index contributed by atoms with van der Waals surface area (Å²) in [5.74, 6) is 1.36. The molecule has 0 atom stereocenters. The Hall–Kier alpha value is -1.79. The number of hydrogen-bond acceptors (Lipinski definition) is 6. The van der Waals surface area contributed by atoms with Crippen LogP contribution in [0.3, 0.4) is 0 Å². The van der Waals surface area contributed by atoms with Gasteiger partial charge in [0.25, 0.3) is 0 Å². The van der Waals surface area contributed by atoms with Crippen LogP contribution >= 0.6 is 22.6 Å². The van der Waals surface area contributed by atoms with Crippen molar-refractivity contribution in [2.45, 2.75) is 50.9 Å². The van der Waals surface area contributed by atoms with Crippen molar-refractivity contribution in [3.63, 3.8) is 0 Å². The first-order valence-electron chi connectivity index (χ1n) is 11.3. The van der Waals surface area contributed by atoms with Gasteiger partial charge in [-0.2, -0.15) is 5.10 Å². The molecule has 0 N–H and O–H groups in total. The fourth-order valence-corrected chi connectivity index (χ4v) is 5.68. The van der Waals surface area contributed by atoms with E-state index in [1.54, 1.807) is 12.1 Å². The first kappa shape index (κ1) is 23.0. The van der Waals surface area contributed by atoms with Crippen molar-refractivity contribution in [3.05, 3.63) is 45.9 Å². The summed E-state index contributed by atoms with van der Waals surface area (Å²) in [5.41, 5.74) is 2.02. The molecule has 1 fully saturated rings. The number of aromatic nitrogens is 4. The van der Waals surface area contributed by atoms with E-state index in [4.69, 9.17) is 14.5 Å². The minimum absolute atomic E-state index is 0.234. The maximum absolute atomic E-state index is 13.6. The van der Waals surface area contributed by atoms with Crippen LogP contribution in [-0.4, -0.2) is 53.1 Å². The molecular weight excluding hydrogens is 552 g/mol. The van der Waals surface area contributed by atoms with Crippen molar-refractivity contribution in [2.75, 3.05) is 24.6 Å². The van der Waals surface area contributed by atoms with E-state index in [-0.39, 0.29) is 11.4 Å². The minimum atomic E-state index is -1.13. The lowest BCUT2D eigenvalue weighted by atomic mass is 9.87. The van der Waals surface area contributed by atoms with Crippen LogP contribution in [0.15, 0.2) is 24.4 Å². The Morgan fingerprint density at radius 2 is 2.03 bits per heavy atom.